The summed E-state index contributed by atoms with van der Waals surface area (Å²) in [6, 6.07) is -9.95. The second-order valence-corrected chi connectivity index (χ2v) is 18.6. The van der Waals surface area contributed by atoms with Crippen molar-refractivity contribution in [1.82, 2.24) is 37.2 Å². The quantitative estimate of drug-likeness (QED) is 0.0228. The highest BCUT2D eigenvalue weighted by Gasteiger charge is 2.30. The molecule has 0 aliphatic rings. The number of carbonyl (C=O) groups excluding carboxylic acids is 11. The van der Waals surface area contributed by atoms with Crippen LogP contribution < -0.4 is 37.2 Å². The van der Waals surface area contributed by atoms with Gasteiger partial charge in [-0.05, 0) is 51.9 Å². The molecule has 0 bridgehead atoms. The highest BCUT2D eigenvalue weighted by molar-refractivity contribution is 5.90. The first kappa shape index (κ1) is 71.6. The lowest BCUT2D eigenvalue weighted by Crippen LogP contribution is -2.46. The van der Waals surface area contributed by atoms with Crippen molar-refractivity contribution in [3.63, 3.8) is 0 Å². The SMILES string of the molecule is CCCCCCCCCCCCCC(=O)NC(CCC(=O)NC(CCC(=O)NC(CCC(=O)NC(CCC(=O)NC(CCC(=O)NC(CCC(=O)NC(C)C(=O)O)C(=O)OC)C(=O)OC)C(=O)O)C(=O)OC)C(=O)OC)C(=O)O. The van der Waals surface area contributed by atoms with Crippen molar-refractivity contribution in [1.29, 1.82) is 0 Å². The summed E-state index contributed by atoms with van der Waals surface area (Å²) in [5.41, 5.74) is 0. The Hall–Kier alpha value is -7.42. The third kappa shape index (κ3) is 33.5. The van der Waals surface area contributed by atoms with E-state index < -0.39 is 170 Å². The van der Waals surface area contributed by atoms with Crippen LogP contribution in [-0.2, 0) is 86.1 Å². The maximum absolute atomic E-state index is 13.0. The maximum atomic E-state index is 13.0. The molecule has 28 heteroatoms. The van der Waals surface area contributed by atoms with Gasteiger partial charge in [-0.15, -0.1) is 0 Å². The molecule has 0 aromatic heterocycles. The Bertz CT molecular complexity index is 2040. The molecule has 28 nitrogen and oxygen atoms in total. The molecule has 0 rings (SSSR count). The number of rotatable bonds is 44. The van der Waals surface area contributed by atoms with E-state index in [9.17, 15) is 77.3 Å². The molecule has 0 aromatic rings. The van der Waals surface area contributed by atoms with E-state index in [4.69, 9.17) is 19.3 Å². The van der Waals surface area contributed by atoms with E-state index in [0.29, 0.717) is 6.42 Å². The molecule has 448 valence electrons. The van der Waals surface area contributed by atoms with Gasteiger partial charge in [0.2, 0.25) is 41.4 Å². The van der Waals surface area contributed by atoms with Crippen LogP contribution in [0, 0.1) is 0 Å². The van der Waals surface area contributed by atoms with E-state index in [1.807, 2.05) is 0 Å². The third-order valence-electron chi connectivity index (χ3n) is 12.3. The van der Waals surface area contributed by atoms with Gasteiger partial charge in [0.1, 0.15) is 42.3 Å². The molecule has 0 aliphatic carbocycles. The average Bonchev–Trinajstić information content (AvgIpc) is 3.41. The summed E-state index contributed by atoms with van der Waals surface area (Å²) in [7, 11) is 4.05. The standard InChI is InChI=1S/C51H83N7O21/c1-7-8-9-10-11-12-13-14-15-16-17-18-38(59)53-32(46(68)69)19-25-41(62)55-36(50(74)78-5)24-30-44(65)58-35(49(73)77-4)22-28-40(61)54-33(47(70)71)20-26-42(63)56-37(51(75)79-6)23-29-43(64)57-34(48(72)76-3)21-27-39(60)52-31(2)45(66)67/h31-37H,7-30H2,1-6H3,(H,52,60)(H,53,59)(H,54,61)(H,55,62)(H,56,63)(H,57,64)(H,58,65)(H,66,67)(H,68,69)(H,70,71). The summed E-state index contributed by atoms with van der Waals surface area (Å²) < 4.78 is 18.8. The molecular formula is C51H83N7O21. The first-order chi connectivity index (χ1) is 37.4. The van der Waals surface area contributed by atoms with Crippen LogP contribution in [0.3, 0.4) is 0 Å². The molecule has 10 N–H and O–H groups in total. The number of ether oxygens (including phenoxy) is 4. The molecular weight excluding hydrogens is 1050 g/mol. The largest absolute Gasteiger partial charge is 0.480 e. The fourth-order valence-corrected chi connectivity index (χ4v) is 7.66. The van der Waals surface area contributed by atoms with Crippen molar-refractivity contribution in [2.45, 2.75) is 210 Å². The number of aliphatic carboxylic acids is 3. The number of hydrogen-bond acceptors (Lipinski definition) is 18. The number of carbonyl (C=O) groups is 14. The molecule has 0 saturated heterocycles. The van der Waals surface area contributed by atoms with E-state index in [1.165, 1.54) is 45.4 Å². The van der Waals surface area contributed by atoms with Gasteiger partial charge in [-0.25, -0.2) is 28.8 Å². The Balaban J connectivity index is 5.25. The predicted molar refractivity (Wildman–Crippen MR) is 277 cm³/mol. The summed E-state index contributed by atoms with van der Waals surface area (Å²) >= 11 is 0. The Kier molecular flexibility index (Phi) is 37.7. The number of esters is 4. The third-order valence-corrected chi connectivity index (χ3v) is 12.3. The van der Waals surface area contributed by atoms with Gasteiger partial charge in [0.05, 0.1) is 28.4 Å². The minimum absolute atomic E-state index is 0.120. The molecule has 7 unspecified atom stereocenters. The zero-order chi connectivity index (χ0) is 59.9. The van der Waals surface area contributed by atoms with Crippen molar-refractivity contribution in [3.8, 4) is 0 Å². The van der Waals surface area contributed by atoms with Gasteiger partial charge >= 0.3 is 41.8 Å². The second kappa shape index (κ2) is 41.6. The van der Waals surface area contributed by atoms with E-state index in [-0.39, 0.29) is 38.5 Å². The molecule has 7 amide bonds. The molecule has 0 fully saturated rings. The van der Waals surface area contributed by atoms with E-state index in [1.54, 1.807) is 0 Å². The van der Waals surface area contributed by atoms with Gasteiger partial charge in [0.15, 0.2) is 0 Å². The van der Waals surface area contributed by atoms with Crippen LogP contribution in [0.15, 0.2) is 0 Å². The molecule has 0 saturated carbocycles. The van der Waals surface area contributed by atoms with Crippen LogP contribution in [0.1, 0.15) is 168 Å². The molecule has 0 spiro atoms. The van der Waals surface area contributed by atoms with Gasteiger partial charge in [0, 0.05) is 44.9 Å². The van der Waals surface area contributed by atoms with Crippen LogP contribution in [0.4, 0.5) is 0 Å². The molecule has 0 radical (unpaired) electrons. The molecule has 0 aliphatic heterocycles. The first-order valence-electron chi connectivity index (χ1n) is 26.5. The summed E-state index contributed by atoms with van der Waals surface area (Å²) in [4.78, 5) is 174. The molecule has 0 aromatic carbocycles. The summed E-state index contributed by atoms with van der Waals surface area (Å²) in [6.45, 7) is 3.40. The first-order valence-corrected chi connectivity index (χ1v) is 26.5. The fraction of sp³-hybridized carbons (Fsp3) is 0.725. The lowest BCUT2D eigenvalue weighted by Gasteiger charge is -2.20. The van der Waals surface area contributed by atoms with Crippen LogP contribution in [-0.4, -0.2) is 169 Å². The van der Waals surface area contributed by atoms with Crippen molar-refractivity contribution >= 4 is 83.1 Å². The predicted octanol–water partition coefficient (Wildman–Crippen LogP) is 0.728. The minimum Gasteiger partial charge on any atom is -0.480 e. The molecule has 7 atom stereocenters. The van der Waals surface area contributed by atoms with Gasteiger partial charge < -0.3 is 71.5 Å². The second-order valence-electron chi connectivity index (χ2n) is 18.6. The van der Waals surface area contributed by atoms with E-state index in [2.05, 4.69) is 48.9 Å². The van der Waals surface area contributed by atoms with Crippen molar-refractivity contribution in [2.24, 2.45) is 0 Å². The van der Waals surface area contributed by atoms with Gasteiger partial charge in [-0.1, -0.05) is 71.1 Å². The zero-order valence-corrected chi connectivity index (χ0v) is 46.2. The lowest BCUT2D eigenvalue weighted by atomic mass is 10.0. The Morgan fingerprint density at radius 1 is 0.304 bits per heavy atom. The summed E-state index contributed by atoms with van der Waals surface area (Å²) in [5.74, 6) is -13.6. The summed E-state index contributed by atoms with van der Waals surface area (Å²) in [5, 5.41) is 44.7. The van der Waals surface area contributed by atoms with Crippen LogP contribution in [0.5, 0.6) is 0 Å². The van der Waals surface area contributed by atoms with Crippen molar-refractivity contribution in [3.05, 3.63) is 0 Å². The highest BCUT2D eigenvalue weighted by atomic mass is 16.5. The Morgan fingerprint density at radius 2 is 0.519 bits per heavy atom. The number of carboxylic acid groups (broad SMARTS) is 3. The maximum Gasteiger partial charge on any atom is 0.328 e. The number of amides is 7. The van der Waals surface area contributed by atoms with Crippen molar-refractivity contribution < 1.29 is 101 Å². The lowest BCUT2D eigenvalue weighted by molar-refractivity contribution is -0.147. The average molecular weight is 1130 g/mol. The van der Waals surface area contributed by atoms with Crippen LogP contribution >= 0.6 is 0 Å². The van der Waals surface area contributed by atoms with E-state index in [0.717, 1.165) is 54.1 Å². The van der Waals surface area contributed by atoms with Crippen LogP contribution in [0.25, 0.3) is 0 Å². The van der Waals surface area contributed by atoms with Crippen LogP contribution in [0.2, 0.25) is 0 Å². The smallest absolute Gasteiger partial charge is 0.328 e. The van der Waals surface area contributed by atoms with Gasteiger partial charge in [-0.3, -0.25) is 38.4 Å². The monoisotopic (exact) mass is 1130 g/mol. The zero-order valence-electron chi connectivity index (χ0n) is 46.2. The molecule has 0 heterocycles. The Morgan fingerprint density at radius 3 is 0.759 bits per heavy atom. The van der Waals surface area contributed by atoms with Gasteiger partial charge in [-0.2, -0.15) is 0 Å². The topological polar surface area (TPSA) is 421 Å². The normalized spacial score (nSPS) is 13.4. The number of nitrogens with one attached hydrogen (secondary N) is 7. The van der Waals surface area contributed by atoms with Gasteiger partial charge in [0.25, 0.3) is 0 Å². The number of hydrogen-bond donors (Lipinski definition) is 10. The fourth-order valence-electron chi connectivity index (χ4n) is 7.66. The number of methoxy groups -OCH3 is 4. The number of unbranched alkanes of at least 4 members (excludes halogenated alkanes) is 10. The van der Waals surface area contributed by atoms with E-state index >= 15 is 0 Å². The summed E-state index contributed by atoms with van der Waals surface area (Å²) in [6.07, 6.45) is 6.82. The minimum atomic E-state index is -1.68. The van der Waals surface area contributed by atoms with Crippen molar-refractivity contribution in [2.75, 3.05) is 28.4 Å². The highest BCUT2D eigenvalue weighted by Crippen LogP contribution is 2.13. The Labute approximate surface area is 459 Å². The number of carboxylic acids is 3. The molecule has 79 heavy (non-hydrogen) atoms.